The zero-order valence-electron chi connectivity index (χ0n) is 13.4. The van der Waals surface area contributed by atoms with E-state index in [1.807, 2.05) is 26.0 Å². The zero-order valence-corrected chi connectivity index (χ0v) is 13.4. The Morgan fingerprint density at radius 2 is 1.90 bits per heavy atom. The van der Waals surface area contributed by atoms with E-state index in [4.69, 9.17) is 4.74 Å². The number of hydrogen-bond donors (Lipinski definition) is 1. The van der Waals surface area contributed by atoms with Crippen LogP contribution < -0.4 is 4.74 Å². The van der Waals surface area contributed by atoms with Gasteiger partial charge in [0, 0.05) is 5.92 Å². The summed E-state index contributed by atoms with van der Waals surface area (Å²) in [4.78, 5) is 11.3. The molecule has 0 heterocycles. The molecule has 0 aliphatic rings. The number of aryl methyl sites for hydroxylation is 1. The highest BCUT2D eigenvalue weighted by Crippen LogP contribution is 2.33. The molecule has 1 atom stereocenters. The van der Waals surface area contributed by atoms with Crippen molar-refractivity contribution in [1.29, 1.82) is 0 Å². The molecule has 1 rings (SSSR count). The summed E-state index contributed by atoms with van der Waals surface area (Å²) in [6.07, 6.45) is 0.138. The molecule has 1 unspecified atom stereocenters. The number of hydrogen-bond acceptors (Lipinski definition) is 2. The van der Waals surface area contributed by atoms with Crippen molar-refractivity contribution in [2.75, 3.05) is 0 Å². The quantitative estimate of drug-likeness (QED) is 0.884. The fraction of sp³-hybridized carbons (Fsp3) is 0.588. The van der Waals surface area contributed by atoms with Gasteiger partial charge in [-0.15, -0.1) is 0 Å². The lowest BCUT2D eigenvalue weighted by atomic mass is 9.85. The van der Waals surface area contributed by atoms with E-state index in [0.29, 0.717) is 5.75 Å². The average Bonchev–Trinajstić information content (AvgIpc) is 2.33. The predicted octanol–water partition coefficient (Wildman–Crippen LogP) is 4.03. The standard InChI is InChI=1S/C17H26O3/c1-7-12-8-9-14(13(10-12)17(4,5)6)20-15(11(2)3)16(18)19/h8-11,15H,7H2,1-6H3,(H,18,19). The molecule has 0 radical (unpaired) electrons. The topological polar surface area (TPSA) is 46.5 Å². The van der Waals surface area contributed by atoms with Crippen molar-refractivity contribution in [2.45, 2.75) is 59.5 Å². The van der Waals surface area contributed by atoms with Gasteiger partial charge in [0.1, 0.15) is 5.75 Å². The molecule has 1 aromatic rings. The average molecular weight is 278 g/mol. The van der Waals surface area contributed by atoms with Crippen LogP contribution in [0, 0.1) is 5.92 Å². The van der Waals surface area contributed by atoms with Crippen LogP contribution in [0.5, 0.6) is 5.75 Å². The third kappa shape index (κ3) is 3.99. The van der Waals surface area contributed by atoms with E-state index in [1.165, 1.54) is 5.56 Å². The molecular formula is C17H26O3. The van der Waals surface area contributed by atoms with Gasteiger partial charge in [0.2, 0.25) is 0 Å². The number of carbonyl (C=O) groups is 1. The van der Waals surface area contributed by atoms with Gasteiger partial charge in [0.15, 0.2) is 6.10 Å². The third-order valence-corrected chi connectivity index (χ3v) is 3.36. The molecular weight excluding hydrogens is 252 g/mol. The Bertz CT molecular complexity index is 470. The van der Waals surface area contributed by atoms with Crippen LogP contribution in [-0.2, 0) is 16.6 Å². The first-order valence-electron chi connectivity index (χ1n) is 7.19. The van der Waals surface area contributed by atoms with Crippen molar-refractivity contribution < 1.29 is 14.6 Å². The van der Waals surface area contributed by atoms with Gasteiger partial charge >= 0.3 is 5.97 Å². The first-order chi connectivity index (χ1) is 9.16. The van der Waals surface area contributed by atoms with E-state index in [9.17, 15) is 9.90 Å². The van der Waals surface area contributed by atoms with Crippen LogP contribution in [0.1, 0.15) is 52.7 Å². The van der Waals surface area contributed by atoms with Gasteiger partial charge in [-0.25, -0.2) is 4.79 Å². The summed E-state index contributed by atoms with van der Waals surface area (Å²) in [6, 6.07) is 6.02. The van der Waals surface area contributed by atoms with Gasteiger partial charge in [0.25, 0.3) is 0 Å². The Morgan fingerprint density at radius 3 is 2.30 bits per heavy atom. The van der Waals surface area contributed by atoms with E-state index in [0.717, 1.165) is 12.0 Å². The Labute approximate surface area is 122 Å². The number of aliphatic carboxylic acids is 1. The fourth-order valence-electron chi connectivity index (χ4n) is 2.09. The zero-order chi connectivity index (χ0) is 15.5. The molecule has 3 nitrogen and oxygen atoms in total. The molecule has 0 aliphatic carbocycles. The van der Waals surface area contributed by atoms with Gasteiger partial charge in [-0.05, 0) is 29.0 Å². The minimum Gasteiger partial charge on any atom is -0.478 e. The summed E-state index contributed by atoms with van der Waals surface area (Å²) in [7, 11) is 0. The minimum atomic E-state index is -0.917. The lowest BCUT2D eigenvalue weighted by Gasteiger charge is -2.26. The Kier molecular flexibility index (Phi) is 5.21. The van der Waals surface area contributed by atoms with Crippen molar-refractivity contribution >= 4 is 5.97 Å². The van der Waals surface area contributed by atoms with E-state index in [2.05, 4.69) is 33.8 Å². The normalized spacial score (nSPS) is 13.3. The van der Waals surface area contributed by atoms with Crippen molar-refractivity contribution in [2.24, 2.45) is 5.92 Å². The van der Waals surface area contributed by atoms with E-state index < -0.39 is 12.1 Å². The van der Waals surface area contributed by atoms with Crippen LogP contribution in [0.4, 0.5) is 0 Å². The molecule has 0 saturated carbocycles. The number of carboxylic acids is 1. The van der Waals surface area contributed by atoms with Crippen LogP contribution in [-0.4, -0.2) is 17.2 Å². The second-order valence-electron chi connectivity index (χ2n) is 6.55. The van der Waals surface area contributed by atoms with Crippen LogP contribution in [0.2, 0.25) is 0 Å². The molecule has 0 fully saturated rings. The maximum Gasteiger partial charge on any atom is 0.345 e. The second-order valence-corrected chi connectivity index (χ2v) is 6.55. The van der Waals surface area contributed by atoms with E-state index in [1.54, 1.807) is 0 Å². The summed E-state index contributed by atoms with van der Waals surface area (Å²) < 4.78 is 5.79. The van der Waals surface area contributed by atoms with Gasteiger partial charge in [0.05, 0.1) is 0 Å². The highest BCUT2D eigenvalue weighted by molar-refractivity contribution is 5.73. The number of benzene rings is 1. The molecule has 3 heteroatoms. The van der Waals surface area contributed by atoms with E-state index in [-0.39, 0.29) is 11.3 Å². The smallest absolute Gasteiger partial charge is 0.345 e. The van der Waals surface area contributed by atoms with Crippen LogP contribution in [0.15, 0.2) is 18.2 Å². The summed E-state index contributed by atoms with van der Waals surface area (Å²) in [5.74, 6) is -0.318. The highest BCUT2D eigenvalue weighted by atomic mass is 16.5. The largest absolute Gasteiger partial charge is 0.478 e. The first-order valence-corrected chi connectivity index (χ1v) is 7.19. The first kappa shape index (κ1) is 16.5. The highest BCUT2D eigenvalue weighted by Gasteiger charge is 2.27. The summed E-state index contributed by atoms with van der Waals surface area (Å²) in [6.45, 7) is 12.2. The summed E-state index contributed by atoms with van der Waals surface area (Å²) in [5, 5.41) is 9.27. The van der Waals surface area contributed by atoms with Gasteiger partial charge in [-0.2, -0.15) is 0 Å². The Balaban J connectivity index is 3.20. The molecule has 1 aromatic carbocycles. The number of ether oxygens (including phenoxy) is 1. The van der Waals surface area contributed by atoms with Crippen molar-refractivity contribution in [3.05, 3.63) is 29.3 Å². The molecule has 112 valence electrons. The molecule has 0 aromatic heterocycles. The van der Waals surface area contributed by atoms with Crippen LogP contribution in [0.3, 0.4) is 0 Å². The second kappa shape index (κ2) is 6.29. The minimum absolute atomic E-state index is 0.0776. The Hall–Kier alpha value is -1.51. The monoisotopic (exact) mass is 278 g/mol. The lowest BCUT2D eigenvalue weighted by molar-refractivity contribution is -0.147. The number of rotatable bonds is 5. The van der Waals surface area contributed by atoms with Crippen molar-refractivity contribution in [3.8, 4) is 5.75 Å². The van der Waals surface area contributed by atoms with Gasteiger partial charge in [-0.1, -0.05) is 53.7 Å². The maximum absolute atomic E-state index is 11.3. The molecule has 0 bridgehead atoms. The van der Waals surface area contributed by atoms with Gasteiger partial charge in [-0.3, -0.25) is 0 Å². The summed E-state index contributed by atoms with van der Waals surface area (Å²) in [5.41, 5.74) is 2.21. The van der Waals surface area contributed by atoms with Crippen molar-refractivity contribution in [3.63, 3.8) is 0 Å². The Morgan fingerprint density at radius 1 is 1.30 bits per heavy atom. The predicted molar refractivity (Wildman–Crippen MR) is 81.4 cm³/mol. The molecule has 0 aliphatic heterocycles. The lowest BCUT2D eigenvalue weighted by Crippen LogP contribution is -2.33. The maximum atomic E-state index is 11.3. The van der Waals surface area contributed by atoms with Crippen molar-refractivity contribution in [1.82, 2.24) is 0 Å². The van der Waals surface area contributed by atoms with Crippen LogP contribution >= 0.6 is 0 Å². The van der Waals surface area contributed by atoms with Crippen LogP contribution in [0.25, 0.3) is 0 Å². The van der Waals surface area contributed by atoms with Gasteiger partial charge < -0.3 is 9.84 Å². The SMILES string of the molecule is CCc1ccc(OC(C(=O)O)C(C)C)c(C(C)(C)C)c1. The third-order valence-electron chi connectivity index (χ3n) is 3.36. The molecule has 20 heavy (non-hydrogen) atoms. The molecule has 0 amide bonds. The summed E-state index contributed by atoms with van der Waals surface area (Å²) >= 11 is 0. The fourth-order valence-corrected chi connectivity index (χ4v) is 2.09. The van der Waals surface area contributed by atoms with E-state index >= 15 is 0 Å². The number of carboxylic acid groups (broad SMARTS) is 1. The molecule has 0 spiro atoms. The molecule has 0 saturated heterocycles. The molecule has 1 N–H and O–H groups in total.